The lowest BCUT2D eigenvalue weighted by Crippen LogP contribution is -2.59. The van der Waals surface area contributed by atoms with Crippen LogP contribution in [0.1, 0.15) is 20.3 Å². The molecule has 0 saturated carbocycles. The van der Waals surface area contributed by atoms with E-state index < -0.39 is 0 Å². The van der Waals surface area contributed by atoms with E-state index in [0.29, 0.717) is 38.3 Å². The zero-order chi connectivity index (χ0) is 12.3. The first-order valence-corrected chi connectivity index (χ1v) is 6.55. The van der Waals surface area contributed by atoms with Gasteiger partial charge in [-0.05, 0) is 25.8 Å². The van der Waals surface area contributed by atoms with Crippen LogP contribution in [-0.2, 0) is 4.74 Å². The number of hydrogen-bond donors (Lipinski definition) is 2. The third-order valence-corrected chi connectivity index (χ3v) is 3.81. The molecule has 3 unspecified atom stereocenters. The molecule has 0 aromatic heterocycles. The average Bonchev–Trinajstić information content (AvgIpc) is 2.35. The number of piperidine rings is 1. The van der Waals surface area contributed by atoms with E-state index in [-0.39, 0.29) is 12.1 Å². The minimum Gasteiger partial charge on any atom is -0.378 e. The van der Waals surface area contributed by atoms with E-state index in [1.54, 1.807) is 0 Å². The van der Waals surface area contributed by atoms with E-state index in [0.717, 1.165) is 13.0 Å². The van der Waals surface area contributed by atoms with Gasteiger partial charge in [-0.2, -0.15) is 0 Å². The van der Waals surface area contributed by atoms with Gasteiger partial charge in [0.25, 0.3) is 0 Å². The highest BCUT2D eigenvalue weighted by Gasteiger charge is 2.30. The number of rotatable bonds is 1. The first-order chi connectivity index (χ1) is 8.18. The van der Waals surface area contributed by atoms with Crippen LogP contribution in [0.15, 0.2) is 0 Å². The van der Waals surface area contributed by atoms with Crippen LogP contribution in [0, 0.1) is 5.92 Å². The Bertz CT molecular complexity index is 256. The fraction of sp³-hybridized carbons (Fsp3) is 0.917. The Kier molecular flexibility index (Phi) is 4.23. The van der Waals surface area contributed by atoms with Crippen molar-refractivity contribution in [1.82, 2.24) is 15.5 Å². The van der Waals surface area contributed by atoms with Gasteiger partial charge in [-0.3, -0.25) is 0 Å². The molecule has 2 amide bonds. The molecule has 0 aromatic carbocycles. The molecule has 0 radical (unpaired) electrons. The van der Waals surface area contributed by atoms with Gasteiger partial charge in [0, 0.05) is 25.2 Å². The van der Waals surface area contributed by atoms with E-state index >= 15 is 0 Å². The summed E-state index contributed by atoms with van der Waals surface area (Å²) in [5.41, 5.74) is 0. The molecule has 2 saturated heterocycles. The number of ether oxygens (including phenoxy) is 1. The van der Waals surface area contributed by atoms with E-state index in [1.165, 1.54) is 0 Å². The zero-order valence-corrected chi connectivity index (χ0v) is 10.7. The summed E-state index contributed by atoms with van der Waals surface area (Å²) < 4.78 is 5.25. The summed E-state index contributed by atoms with van der Waals surface area (Å²) in [4.78, 5) is 13.9. The van der Waals surface area contributed by atoms with Gasteiger partial charge in [-0.15, -0.1) is 0 Å². The number of nitrogens with zero attached hydrogens (tertiary/aromatic N) is 1. The van der Waals surface area contributed by atoms with Crippen molar-refractivity contribution in [2.45, 2.75) is 32.4 Å². The maximum atomic E-state index is 12.1. The summed E-state index contributed by atoms with van der Waals surface area (Å²) in [5.74, 6) is 0.538. The number of amides is 2. The lowest BCUT2D eigenvalue weighted by atomic mass is 9.89. The van der Waals surface area contributed by atoms with Crippen LogP contribution >= 0.6 is 0 Å². The van der Waals surface area contributed by atoms with Crippen molar-refractivity contribution in [3.63, 3.8) is 0 Å². The molecule has 5 heteroatoms. The molecular weight excluding hydrogens is 218 g/mol. The van der Waals surface area contributed by atoms with E-state index in [1.807, 2.05) is 4.90 Å². The second-order valence-electron chi connectivity index (χ2n) is 5.08. The van der Waals surface area contributed by atoms with Crippen molar-refractivity contribution in [2.75, 3.05) is 32.8 Å². The SMILES string of the molecule is CC1CCNC(C)C1NC(=O)N1CCOCC1. The molecule has 2 fully saturated rings. The van der Waals surface area contributed by atoms with Crippen LogP contribution in [0.3, 0.4) is 0 Å². The highest BCUT2D eigenvalue weighted by Crippen LogP contribution is 2.16. The van der Waals surface area contributed by atoms with Crippen molar-refractivity contribution in [3.8, 4) is 0 Å². The molecule has 2 aliphatic heterocycles. The molecule has 3 atom stereocenters. The molecule has 5 nitrogen and oxygen atoms in total. The lowest BCUT2D eigenvalue weighted by molar-refractivity contribution is 0.0511. The van der Waals surface area contributed by atoms with Crippen LogP contribution in [0.5, 0.6) is 0 Å². The van der Waals surface area contributed by atoms with Crippen molar-refractivity contribution >= 4 is 6.03 Å². The van der Waals surface area contributed by atoms with Gasteiger partial charge < -0.3 is 20.3 Å². The number of urea groups is 1. The molecule has 98 valence electrons. The summed E-state index contributed by atoms with van der Waals surface area (Å²) in [6.45, 7) is 8.11. The van der Waals surface area contributed by atoms with E-state index in [2.05, 4.69) is 24.5 Å². The van der Waals surface area contributed by atoms with E-state index in [9.17, 15) is 4.79 Å². The number of carbonyl (C=O) groups is 1. The maximum absolute atomic E-state index is 12.1. The summed E-state index contributed by atoms with van der Waals surface area (Å²) in [5, 5.41) is 6.57. The second-order valence-corrected chi connectivity index (χ2v) is 5.08. The van der Waals surface area contributed by atoms with Crippen molar-refractivity contribution in [3.05, 3.63) is 0 Å². The average molecular weight is 241 g/mol. The third-order valence-electron chi connectivity index (χ3n) is 3.81. The van der Waals surface area contributed by atoms with Gasteiger partial charge >= 0.3 is 6.03 Å². The molecule has 0 aliphatic carbocycles. The molecule has 0 bridgehead atoms. The summed E-state index contributed by atoms with van der Waals surface area (Å²) in [6.07, 6.45) is 1.12. The highest BCUT2D eigenvalue weighted by molar-refractivity contribution is 5.74. The molecule has 2 aliphatic rings. The van der Waals surface area contributed by atoms with Crippen molar-refractivity contribution < 1.29 is 9.53 Å². The Labute approximate surface area is 103 Å². The van der Waals surface area contributed by atoms with Crippen LogP contribution in [0.2, 0.25) is 0 Å². The summed E-state index contributed by atoms with van der Waals surface area (Å²) >= 11 is 0. The number of morpholine rings is 1. The number of hydrogen-bond acceptors (Lipinski definition) is 3. The largest absolute Gasteiger partial charge is 0.378 e. The fourth-order valence-electron chi connectivity index (χ4n) is 2.61. The molecule has 0 aromatic rings. The lowest BCUT2D eigenvalue weighted by Gasteiger charge is -2.38. The minimum atomic E-state index is 0.0562. The quantitative estimate of drug-likeness (QED) is 0.699. The Morgan fingerprint density at radius 2 is 2.06 bits per heavy atom. The van der Waals surface area contributed by atoms with Crippen LogP contribution in [0.25, 0.3) is 0 Å². The predicted octanol–water partition coefficient (Wildman–Crippen LogP) is 0.415. The molecule has 17 heavy (non-hydrogen) atoms. The molecule has 2 N–H and O–H groups in total. The normalized spacial score (nSPS) is 34.5. The number of carbonyl (C=O) groups excluding carboxylic acids is 1. The molecule has 2 heterocycles. The van der Waals surface area contributed by atoms with Crippen molar-refractivity contribution in [1.29, 1.82) is 0 Å². The van der Waals surface area contributed by atoms with Gasteiger partial charge in [-0.1, -0.05) is 6.92 Å². The van der Waals surface area contributed by atoms with Gasteiger partial charge in [0.2, 0.25) is 0 Å². The highest BCUT2D eigenvalue weighted by atomic mass is 16.5. The van der Waals surface area contributed by atoms with Crippen LogP contribution in [-0.4, -0.2) is 55.9 Å². The van der Waals surface area contributed by atoms with E-state index in [4.69, 9.17) is 4.74 Å². The fourth-order valence-corrected chi connectivity index (χ4v) is 2.61. The summed E-state index contributed by atoms with van der Waals surface area (Å²) in [7, 11) is 0. The summed E-state index contributed by atoms with van der Waals surface area (Å²) in [6, 6.07) is 0.642. The van der Waals surface area contributed by atoms with Crippen molar-refractivity contribution in [2.24, 2.45) is 5.92 Å². The Hall–Kier alpha value is -0.810. The maximum Gasteiger partial charge on any atom is 0.317 e. The first kappa shape index (κ1) is 12.6. The predicted molar refractivity (Wildman–Crippen MR) is 66.0 cm³/mol. The van der Waals surface area contributed by atoms with Gasteiger partial charge in [0.05, 0.1) is 13.2 Å². The molecule has 2 rings (SSSR count). The first-order valence-electron chi connectivity index (χ1n) is 6.55. The monoisotopic (exact) mass is 241 g/mol. The Morgan fingerprint density at radius 1 is 1.35 bits per heavy atom. The topological polar surface area (TPSA) is 53.6 Å². The zero-order valence-electron chi connectivity index (χ0n) is 10.7. The Balaban J connectivity index is 1.87. The molecule has 0 spiro atoms. The molecular formula is C12H23N3O2. The minimum absolute atomic E-state index is 0.0562. The smallest absolute Gasteiger partial charge is 0.317 e. The third kappa shape index (κ3) is 3.10. The van der Waals surface area contributed by atoms with Gasteiger partial charge in [-0.25, -0.2) is 4.79 Å². The standard InChI is InChI=1S/C12H23N3O2/c1-9-3-4-13-10(2)11(9)14-12(16)15-5-7-17-8-6-15/h9-11,13H,3-8H2,1-2H3,(H,14,16). The van der Waals surface area contributed by atoms with Gasteiger partial charge in [0.1, 0.15) is 0 Å². The van der Waals surface area contributed by atoms with Crippen LogP contribution in [0.4, 0.5) is 4.79 Å². The Morgan fingerprint density at radius 3 is 2.71 bits per heavy atom. The van der Waals surface area contributed by atoms with Crippen LogP contribution < -0.4 is 10.6 Å². The van der Waals surface area contributed by atoms with Gasteiger partial charge in [0.15, 0.2) is 0 Å². The number of nitrogens with one attached hydrogen (secondary N) is 2. The second kappa shape index (κ2) is 5.69.